The van der Waals surface area contributed by atoms with Crippen LogP contribution in [0.4, 0.5) is 0 Å². The monoisotopic (exact) mass is 206 g/mol. The van der Waals surface area contributed by atoms with Gasteiger partial charge in [-0.05, 0) is 0 Å². The molecule has 0 saturated carbocycles. The summed E-state index contributed by atoms with van der Waals surface area (Å²) in [6, 6.07) is 0. The first kappa shape index (κ1) is 11.7. The lowest BCUT2D eigenvalue weighted by atomic mass is 9.96. The van der Waals surface area contributed by atoms with Crippen LogP contribution >= 0.6 is 0 Å². The van der Waals surface area contributed by atoms with Gasteiger partial charge in [-0.3, -0.25) is 10.00 Å². The quantitative estimate of drug-likeness (QED) is 0.588. The Kier molecular flexibility index (Phi) is 3.48. The van der Waals surface area contributed by atoms with Crippen molar-refractivity contribution in [3.63, 3.8) is 0 Å². The first-order chi connectivity index (χ1) is 6.95. The van der Waals surface area contributed by atoms with Crippen LogP contribution in [-0.4, -0.2) is 21.3 Å². The number of aromatic nitrogens is 3. The van der Waals surface area contributed by atoms with Gasteiger partial charge in [0, 0.05) is 12.5 Å². The number of hydrogen-bond donors (Lipinski definition) is 1. The van der Waals surface area contributed by atoms with Gasteiger partial charge < -0.3 is 0 Å². The van der Waals surface area contributed by atoms with Crippen molar-refractivity contribution in [3.8, 4) is 12.3 Å². The molecule has 1 aromatic rings. The van der Waals surface area contributed by atoms with Crippen LogP contribution in [0.2, 0.25) is 0 Å². The first-order valence-corrected chi connectivity index (χ1v) is 4.99. The molecule has 82 valence electrons. The molecule has 1 heterocycles. The highest BCUT2D eigenvalue weighted by molar-refractivity contribution is 5.03. The molecule has 0 spiro atoms. The Morgan fingerprint density at radius 1 is 1.47 bits per heavy atom. The van der Waals surface area contributed by atoms with Crippen molar-refractivity contribution in [3.05, 3.63) is 11.6 Å². The zero-order valence-corrected chi connectivity index (χ0v) is 9.83. The molecule has 0 bridgehead atoms. The van der Waals surface area contributed by atoms with Gasteiger partial charge in [-0.2, -0.15) is 5.10 Å². The average molecular weight is 206 g/mol. The standard InChI is InChI=1S/C11H18N4/c1-6-7-12-8-9-13-10(11(2,3)4)14-15(9)5/h1,12H,7-8H2,2-5H3. The minimum Gasteiger partial charge on any atom is -0.299 e. The second kappa shape index (κ2) is 4.45. The first-order valence-electron chi connectivity index (χ1n) is 4.99. The zero-order valence-electron chi connectivity index (χ0n) is 9.83. The van der Waals surface area contributed by atoms with E-state index >= 15 is 0 Å². The molecule has 0 aromatic carbocycles. The zero-order chi connectivity index (χ0) is 11.5. The Bertz CT molecular complexity index is 365. The highest BCUT2D eigenvalue weighted by Gasteiger charge is 2.20. The largest absolute Gasteiger partial charge is 0.299 e. The molecule has 0 aliphatic carbocycles. The van der Waals surface area contributed by atoms with Gasteiger partial charge in [0.25, 0.3) is 0 Å². The fourth-order valence-corrected chi connectivity index (χ4v) is 1.13. The molecule has 4 nitrogen and oxygen atoms in total. The summed E-state index contributed by atoms with van der Waals surface area (Å²) in [5.41, 5.74) is -0.0118. The molecule has 0 amide bonds. The van der Waals surface area contributed by atoms with Gasteiger partial charge in [-0.15, -0.1) is 6.42 Å². The van der Waals surface area contributed by atoms with Gasteiger partial charge >= 0.3 is 0 Å². The molecule has 0 radical (unpaired) electrons. The maximum Gasteiger partial charge on any atom is 0.156 e. The van der Waals surface area contributed by atoms with E-state index in [1.807, 2.05) is 7.05 Å². The van der Waals surface area contributed by atoms with Gasteiger partial charge in [0.1, 0.15) is 5.82 Å². The van der Waals surface area contributed by atoms with Crippen LogP contribution < -0.4 is 5.32 Å². The highest BCUT2D eigenvalue weighted by Crippen LogP contribution is 2.17. The molecule has 0 aliphatic rings. The SMILES string of the molecule is C#CCNCc1nc(C(C)(C)C)nn1C. The van der Waals surface area contributed by atoms with Gasteiger partial charge in [0.05, 0.1) is 13.1 Å². The summed E-state index contributed by atoms with van der Waals surface area (Å²) in [6.45, 7) is 7.50. The van der Waals surface area contributed by atoms with Crippen LogP contribution in [0.1, 0.15) is 32.4 Å². The maximum absolute atomic E-state index is 5.15. The molecule has 0 atom stereocenters. The van der Waals surface area contributed by atoms with E-state index in [0.29, 0.717) is 13.1 Å². The Morgan fingerprint density at radius 2 is 2.13 bits per heavy atom. The minimum atomic E-state index is -0.0118. The fourth-order valence-electron chi connectivity index (χ4n) is 1.13. The van der Waals surface area contributed by atoms with Gasteiger partial charge in [0.2, 0.25) is 0 Å². The summed E-state index contributed by atoms with van der Waals surface area (Å²) in [6.07, 6.45) is 5.15. The van der Waals surface area contributed by atoms with E-state index in [1.165, 1.54) is 0 Å². The van der Waals surface area contributed by atoms with Crippen LogP contribution in [0.3, 0.4) is 0 Å². The van der Waals surface area contributed by atoms with E-state index in [2.05, 4.69) is 42.1 Å². The summed E-state index contributed by atoms with van der Waals surface area (Å²) in [4.78, 5) is 4.47. The van der Waals surface area contributed by atoms with E-state index in [9.17, 15) is 0 Å². The molecular formula is C11H18N4. The number of rotatable bonds is 3. The third-order valence-corrected chi connectivity index (χ3v) is 2.03. The van der Waals surface area contributed by atoms with Crippen molar-refractivity contribution in [2.75, 3.05) is 6.54 Å². The number of hydrogen-bond acceptors (Lipinski definition) is 3. The maximum atomic E-state index is 5.15. The normalized spacial score (nSPS) is 11.4. The Morgan fingerprint density at radius 3 is 2.60 bits per heavy atom. The molecule has 1 rings (SSSR count). The molecule has 0 fully saturated rings. The van der Waals surface area contributed by atoms with E-state index in [-0.39, 0.29) is 5.41 Å². The summed E-state index contributed by atoms with van der Waals surface area (Å²) >= 11 is 0. The number of nitrogens with zero attached hydrogens (tertiary/aromatic N) is 3. The van der Waals surface area contributed by atoms with Gasteiger partial charge in [0.15, 0.2) is 5.82 Å². The molecule has 1 N–H and O–H groups in total. The van der Waals surface area contributed by atoms with Crippen molar-refractivity contribution in [1.82, 2.24) is 20.1 Å². The predicted octanol–water partition coefficient (Wildman–Crippen LogP) is 0.835. The van der Waals surface area contributed by atoms with Crippen molar-refractivity contribution in [2.45, 2.75) is 32.7 Å². The Hall–Kier alpha value is -1.34. The molecule has 4 heteroatoms. The van der Waals surface area contributed by atoms with E-state index in [4.69, 9.17) is 6.42 Å². The van der Waals surface area contributed by atoms with Crippen molar-refractivity contribution in [1.29, 1.82) is 0 Å². The van der Waals surface area contributed by atoms with Gasteiger partial charge in [-0.1, -0.05) is 26.7 Å². The second-order valence-corrected chi connectivity index (χ2v) is 4.53. The summed E-state index contributed by atoms with van der Waals surface area (Å²) in [5.74, 6) is 4.30. The van der Waals surface area contributed by atoms with E-state index in [1.54, 1.807) is 4.68 Å². The molecule has 0 unspecified atom stereocenters. The third-order valence-electron chi connectivity index (χ3n) is 2.03. The molecule has 1 aromatic heterocycles. The minimum absolute atomic E-state index is 0.0118. The number of terminal acetylenes is 1. The lowest BCUT2D eigenvalue weighted by Crippen LogP contribution is -2.16. The smallest absolute Gasteiger partial charge is 0.156 e. The fraction of sp³-hybridized carbons (Fsp3) is 0.636. The molecule has 0 aliphatic heterocycles. The summed E-state index contributed by atoms with van der Waals surface area (Å²) < 4.78 is 1.80. The lowest BCUT2D eigenvalue weighted by Gasteiger charge is -2.11. The van der Waals surface area contributed by atoms with Crippen LogP contribution in [0, 0.1) is 12.3 Å². The Balaban J connectivity index is 2.75. The molecule has 0 saturated heterocycles. The Labute approximate surface area is 91.1 Å². The highest BCUT2D eigenvalue weighted by atomic mass is 15.3. The summed E-state index contributed by atoms with van der Waals surface area (Å²) in [5, 5.41) is 7.47. The van der Waals surface area contributed by atoms with Crippen molar-refractivity contribution in [2.24, 2.45) is 7.05 Å². The number of aryl methyl sites for hydroxylation is 1. The predicted molar refractivity (Wildman–Crippen MR) is 60.2 cm³/mol. The van der Waals surface area contributed by atoms with Crippen molar-refractivity contribution < 1.29 is 0 Å². The van der Waals surface area contributed by atoms with E-state index in [0.717, 1.165) is 11.6 Å². The second-order valence-electron chi connectivity index (χ2n) is 4.53. The third kappa shape index (κ3) is 3.07. The molecule has 15 heavy (non-hydrogen) atoms. The van der Waals surface area contributed by atoms with E-state index < -0.39 is 0 Å². The van der Waals surface area contributed by atoms with Crippen LogP contribution in [0.25, 0.3) is 0 Å². The number of nitrogens with one attached hydrogen (secondary N) is 1. The summed E-state index contributed by atoms with van der Waals surface area (Å²) in [7, 11) is 1.90. The van der Waals surface area contributed by atoms with Crippen LogP contribution in [0.5, 0.6) is 0 Å². The van der Waals surface area contributed by atoms with Gasteiger partial charge in [-0.25, -0.2) is 4.98 Å². The lowest BCUT2D eigenvalue weighted by molar-refractivity contribution is 0.538. The molecular weight excluding hydrogens is 188 g/mol. The van der Waals surface area contributed by atoms with Crippen LogP contribution in [0.15, 0.2) is 0 Å². The topological polar surface area (TPSA) is 42.7 Å². The van der Waals surface area contributed by atoms with Crippen molar-refractivity contribution >= 4 is 0 Å². The van der Waals surface area contributed by atoms with Crippen LogP contribution in [-0.2, 0) is 19.0 Å². The average Bonchev–Trinajstić information content (AvgIpc) is 2.48.